The van der Waals surface area contributed by atoms with E-state index in [2.05, 4.69) is 16.8 Å². The number of nitrogen functional groups attached to an aromatic ring is 1. The van der Waals surface area contributed by atoms with E-state index in [1.54, 1.807) is 0 Å². The summed E-state index contributed by atoms with van der Waals surface area (Å²) in [4.78, 5) is 11.3. The van der Waals surface area contributed by atoms with Gasteiger partial charge in [-0.25, -0.2) is 9.97 Å². The van der Waals surface area contributed by atoms with Gasteiger partial charge in [-0.05, 0) is 32.4 Å². The second-order valence-corrected chi connectivity index (χ2v) is 6.94. The van der Waals surface area contributed by atoms with Crippen LogP contribution in [0.25, 0.3) is 16.7 Å². The molecule has 6 nitrogen and oxygen atoms in total. The Morgan fingerprint density at radius 2 is 1.96 bits per heavy atom. The zero-order valence-electron chi connectivity index (χ0n) is 14.7. The Kier molecular flexibility index (Phi) is 4.09. The second kappa shape index (κ2) is 5.94. The van der Waals surface area contributed by atoms with E-state index in [-0.39, 0.29) is 0 Å². The molecule has 0 radical (unpaired) electrons. The first-order valence-corrected chi connectivity index (χ1v) is 8.31. The number of benzene rings is 1. The molecule has 0 amide bonds. The summed E-state index contributed by atoms with van der Waals surface area (Å²) in [7, 11) is 2.02. The number of imidazole rings is 1. The van der Waals surface area contributed by atoms with Crippen molar-refractivity contribution in [2.75, 3.05) is 24.2 Å². The zero-order chi connectivity index (χ0) is 17.5. The molecule has 0 aliphatic carbocycles. The number of nitrogens with zero attached hydrogens (tertiary/aromatic N) is 4. The molecule has 1 aromatic carbocycles. The Hall–Kier alpha value is -2.34. The van der Waals surface area contributed by atoms with Crippen LogP contribution in [0.5, 0.6) is 0 Å². The molecule has 128 valence electrons. The summed E-state index contributed by atoms with van der Waals surface area (Å²) in [6, 6.07) is 7.86. The van der Waals surface area contributed by atoms with Gasteiger partial charge in [-0.15, -0.1) is 0 Å². The molecule has 6 heteroatoms. The summed E-state index contributed by atoms with van der Waals surface area (Å²) >= 11 is 0. The van der Waals surface area contributed by atoms with E-state index in [0.717, 1.165) is 35.5 Å². The molecule has 0 aliphatic heterocycles. The van der Waals surface area contributed by atoms with E-state index in [9.17, 15) is 5.11 Å². The van der Waals surface area contributed by atoms with Gasteiger partial charge in [0, 0.05) is 20.0 Å². The molecule has 0 atom stereocenters. The van der Waals surface area contributed by atoms with Crippen molar-refractivity contribution in [3.63, 3.8) is 0 Å². The monoisotopic (exact) mass is 327 g/mol. The molecule has 2 heterocycles. The minimum Gasteiger partial charge on any atom is -0.390 e. The third-order valence-corrected chi connectivity index (χ3v) is 4.06. The fourth-order valence-electron chi connectivity index (χ4n) is 3.12. The van der Waals surface area contributed by atoms with Gasteiger partial charge in [0.25, 0.3) is 0 Å². The maximum atomic E-state index is 10.4. The highest BCUT2D eigenvalue weighted by atomic mass is 16.3. The minimum absolute atomic E-state index is 0.404. The molecule has 0 bridgehead atoms. The SMILES string of the molecule is CCCN(C)c1nc2c(N)nc3ccccc3n2c1CC(C)(C)O. The maximum absolute atomic E-state index is 10.4. The van der Waals surface area contributed by atoms with Gasteiger partial charge in [0.2, 0.25) is 0 Å². The molecule has 0 saturated carbocycles. The van der Waals surface area contributed by atoms with Crippen LogP contribution in [0, 0.1) is 0 Å². The van der Waals surface area contributed by atoms with Gasteiger partial charge in [0.05, 0.1) is 22.3 Å². The summed E-state index contributed by atoms with van der Waals surface area (Å²) in [5.74, 6) is 1.26. The number of nitrogens with two attached hydrogens (primary N) is 1. The summed E-state index contributed by atoms with van der Waals surface area (Å²) in [5.41, 5.74) is 8.69. The van der Waals surface area contributed by atoms with Crippen LogP contribution >= 0.6 is 0 Å². The minimum atomic E-state index is -0.850. The van der Waals surface area contributed by atoms with Crippen LogP contribution in [0.2, 0.25) is 0 Å². The van der Waals surface area contributed by atoms with Crippen molar-refractivity contribution in [3.05, 3.63) is 30.0 Å². The van der Waals surface area contributed by atoms with Gasteiger partial charge < -0.3 is 15.7 Å². The summed E-state index contributed by atoms with van der Waals surface area (Å²) in [6.07, 6.45) is 1.49. The molecule has 0 unspecified atom stereocenters. The Bertz CT molecular complexity index is 878. The standard InChI is InChI=1S/C18H25N5O/c1-5-10-22(4)16-14(11-18(2,3)24)23-13-9-7-6-8-12(13)20-15(19)17(23)21-16/h6-9,24H,5,10-11H2,1-4H3,(H2,19,20). The Balaban J connectivity index is 2.37. The van der Waals surface area contributed by atoms with Crippen LogP contribution in [0.1, 0.15) is 32.9 Å². The van der Waals surface area contributed by atoms with Crippen molar-refractivity contribution in [3.8, 4) is 0 Å². The first-order chi connectivity index (χ1) is 11.3. The number of fused-ring (bicyclic) bond motifs is 3. The molecule has 0 spiro atoms. The van der Waals surface area contributed by atoms with Crippen LogP contribution in [0.15, 0.2) is 24.3 Å². The maximum Gasteiger partial charge on any atom is 0.182 e. The Morgan fingerprint density at radius 3 is 2.62 bits per heavy atom. The topological polar surface area (TPSA) is 79.7 Å². The average molecular weight is 327 g/mol. The lowest BCUT2D eigenvalue weighted by atomic mass is 10.0. The largest absolute Gasteiger partial charge is 0.390 e. The molecule has 0 saturated heterocycles. The summed E-state index contributed by atoms with van der Waals surface area (Å²) in [6.45, 7) is 6.63. The van der Waals surface area contributed by atoms with Crippen LogP contribution in [-0.2, 0) is 6.42 Å². The summed E-state index contributed by atoms with van der Waals surface area (Å²) in [5, 5.41) is 10.4. The normalized spacial score (nSPS) is 12.2. The van der Waals surface area contributed by atoms with Crippen molar-refractivity contribution in [2.24, 2.45) is 0 Å². The fourth-order valence-corrected chi connectivity index (χ4v) is 3.12. The molecule has 3 N–H and O–H groups in total. The molecule has 24 heavy (non-hydrogen) atoms. The first kappa shape index (κ1) is 16.5. The third-order valence-electron chi connectivity index (χ3n) is 4.06. The predicted octanol–water partition coefficient (Wildman–Crippen LogP) is 2.62. The fraction of sp³-hybridized carbons (Fsp3) is 0.444. The van der Waals surface area contributed by atoms with Crippen molar-refractivity contribution >= 4 is 28.3 Å². The van der Waals surface area contributed by atoms with Gasteiger partial charge in [-0.1, -0.05) is 19.1 Å². The summed E-state index contributed by atoms with van der Waals surface area (Å²) < 4.78 is 2.04. The smallest absolute Gasteiger partial charge is 0.182 e. The number of aliphatic hydroxyl groups is 1. The van der Waals surface area contributed by atoms with Crippen molar-refractivity contribution in [1.29, 1.82) is 0 Å². The highest BCUT2D eigenvalue weighted by Gasteiger charge is 2.25. The molecule has 0 aliphatic rings. The van der Waals surface area contributed by atoms with Crippen molar-refractivity contribution in [2.45, 2.75) is 39.2 Å². The number of anilines is 2. The second-order valence-electron chi connectivity index (χ2n) is 6.94. The lowest BCUT2D eigenvalue weighted by molar-refractivity contribution is 0.0799. The van der Waals surface area contributed by atoms with Gasteiger partial charge in [-0.2, -0.15) is 0 Å². The van der Waals surface area contributed by atoms with Gasteiger partial charge >= 0.3 is 0 Å². The van der Waals surface area contributed by atoms with E-state index < -0.39 is 5.60 Å². The molecule has 3 aromatic rings. The van der Waals surface area contributed by atoms with E-state index in [1.165, 1.54) is 0 Å². The van der Waals surface area contributed by atoms with Gasteiger partial charge in [-0.3, -0.25) is 4.40 Å². The lowest BCUT2D eigenvalue weighted by Crippen LogP contribution is -2.26. The lowest BCUT2D eigenvalue weighted by Gasteiger charge is -2.22. The molecule has 2 aromatic heterocycles. The van der Waals surface area contributed by atoms with Gasteiger partial charge in [0.1, 0.15) is 0 Å². The van der Waals surface area contributed by atoms with Crippen molar-refractivity contribution in [1.82, 2.24) is 14.4 Å². The Labute approximate surface area is 141 Å². The predicted molar refractivity (Wildman–Crippen MR) is 98.5 cm³/mol. The van der Waals surface area contributed by atoms with Crippen LogP contribution < -0.4 is 10.6 Å². The van der Waals surface area contributed by atoms with E-state index in [1.807, 2.05) is 49.6 Å². The van der Waals surface area contributed by atoms with Crippen LogP contribution in [0.4, 0.5) is 11.6 Å². The zero-order valence-corrected chi connectivity index (χ0v) is 14.7. The van der Waals surface area contributed by atoms with E-state index in [0.29, 0.717) is 17.9 Å². The Morgan fingerprint density at radius 1 is 1.25 bits per heavy atom. The number of hydrogen-bond donors (Lipinski definition) is 2. The molecular weight excluding hydrogens is 302 g/mol. The molecule has 3 rings (SSSR count). The van der Waals surface area contributed by atoms with E-state index in [4.69, 9.17) is 10.7 Å². The van der Waals surface area contributed by atoms with Crippen LogP contribution in [-0.4, -0.2) is 38.7 Å². The van der Waals surface area contributed by atoms with Crippen LogP contribution in [0.3, 0.4) is 0 Å². The molecule has 0 fully saturated rings. The average Bonchev–Trinajstić information content (AvgIpc) is 2.86. The number of rotatable bonds is 5. The quantitative estimate of drug-likeness (QED) is 0.753. The highest BCUT2D eigenvalue weighted by molar-refractivity contribution is 5.84. The third kappa shape index (κ3) is 2.89. The van der Waals surface area contributed by atoms with Gasteiger partial charge in [0.15, 0.2) is 17.3 Å². The molecular formula is C18H25N5O. The van der Waals surface area contributed by atoms with Crippen molar-refractivity contribution < 1.29 is 5.11 Å². The highest BCUT2D eigenvalue weighted by Crippen LogP contribution is 2.30. The number of hydrogen-bond acceptors (Lipinski definition) is 5. The number of aromatic nitrogens is 3. The van der Waals surface area contributed by atoms with E-state index >= 15 is 0 Å². The first-order valence-electron chi connectivity index (χ1n) is 8.31. The number of para-hydroxylation sites is 2.